The summed E-state index contributed by atoms with van der Waals surface area (Å²) in [7, 11) is -3.79. The molecule has 0 saturated heterocycles. The smallest absolute Gasteiger partial charge is 0.238 e. The average molecular weight is 399 g/mol. The van der Waals surface area contributed by atoms with E-state index < -0.39 is 21.9 Å². The molecule has 6 nitrogen and oxygen atoms in total. The number of aromatic nitrogens is 1. The van der Waals surface area contributed by atoms with Crippen LogP contribution in [0.25, 0.3) is 0 Å². The number of benzene rings is 2. The van der Waals surface area contributed by atoms with Crippen molar-refractivity contribution in [1.82, 2.24) is 10.3 Å². The highest BCUT2D eigenvalue weighted by atomic mass is 32.2. The number of sulfonamides is 1. The summed E-state index contributed by atoms with van der Waals surface area (Å²) in [5.74, 6) is -0.727. The van der Waals surface area contributed by atoms with Crippen molar-refractivity contribution < 1.29 is 17.6 Å². The zero-order valence-electron chi connectivity index (χ0n) is 14.7. The Labute approximate surface area is 162 Å². The summed E-state index contributed by atoms with van der Waals surface area (Å²) >= 11 is 0. The zero-order chi connectivity index (χ0) is 20.1. The van der Waals surface area contributed by atoms with E-state index in [0.717, 1.165) is 0 Å². The van der Waals surface area contributed by atoms with E-state index in [2.05, 4.69) is 10.3 Å². The number of primary sulfonamides is 1. The van der Waals surface area contributed by atoms with Gasteiger partial charge in [0.25, 0.3) is 0 Å². The molecule has 0 spiro atoms. The number of nitrogens with zero attached hydrogens (tertiary/aromatic N) is 1. The van der Waals surface area contributed by atoms with E-state index in [4.69, 9.17) is 5.14 Å². The summed E-state index contributed by atoms with van der Waals surface area (Å²) in [6, 6.07) is 16.4. The maximum absolute atomic E-state index is 13.7. The van der Waals surface area contributed by atoms with Crippen LogP contribution in [0.3, 0.4) is 0 Å². The van der Waals surface area contributed by atoms with Gasteiger partial charge in [-0.3, -0.25) is 9.78 Å². The van der Waals surface area contributed by atoms with Crippen LogP contribution < -0.4 is 10.5 Å². The van der Waals surface area contributed by atoms with E-state index in [1.165, 1.54) is 36.4 Å². The van der Waals surface area contributed by atoms with Crippen molar-refractivity contribution in [3.8, 4) is 0 Å². The second kappa shape index (κ2) is 8.28. The second-order valence-electron chi connectivity index (χ2n) is 6.18. The Kier molecular flexibility index (Phi) is 5.81. The van der Waals surface area contributed by atoms with Gasteiger partial charge in [-0.25, -0.2) is 17.9 Å². The van der Waals surface area contributed by atoms with Gasteiger partial charge in [0.05, 0.1) is 23.1 Å². The minimum absolute atomic E-state index is 0.0174. The molecule has 0 radical (unpaired) electrons. The highest BCUT2D eigenvalue weighted by Crippen LogP contribution is 2.21. The third-order valence-electron chi connectivity index (χ3n) is 4.09. The average Bonchev–Trinajstić information content (AvgIpc) is 2.66. The molecule has 0 saturated carbocycles. The molecular weight excluding hydrogens is 381 g/mol. The van der Waals surface area contributed by atoms with E-state index in [0.29, 0.717) is 16.8 Å². The first-order valence-corrected chi connectivity index (χ1v) is 9.95. The highest BCUT2D eigenvalue weighted by Gasteiger charge is 2.19. The summed E-state index contributed by atoms with van der Waals surface area (Å²) in [5, 5.41) is 7.93. The van der Waals surface area contributed by atoms with Crippen molar-refractivity contribution in [3.05, 3.63) is 95.6 Å². The van der Waals surface area contributed by atoms with Gasteiger partial charge in [-0.15, -0.1) is 0 Å². The summed E-state index contributed by atoms with van der Waals surface area (Å²) < 4.78 is 36.3. The van der Waals surface area contributed by atoms with Gasteiger partial charge in [0.15, 0.2) is 0 Å². The van der Waals surface area contributed by atoms with Crippen LogP contribution in [-0.2, 0) is 21.2 Å². The Morgan fingerprint density at radius 2 is 1.82 bits per heavy atom. The predicted octanol–water partition coefficient (Wildman–Crippen LogP) is 2.32. The Balaban J connectivity index is 1.80. The van der Waals surface area contributed by atoms with Crippen molar-refractivity contribution in [2.24, 2.45) is 5.14 Å². The Morgan fingerprint density at radius 3 is 2.43 bits per heavy atom. The standard InChI is InChI=1S/C20H18FN3O3S/c21-16-5-3-4-15(13-16)20(18-6-1-2-11-23-18)24-19(25)12-14-7-9-17(10-8-14)28(22,26)27/h1-11,13,20H,12H2,(H,24,25)(H2,22,26,27). The molecule has 0 bridgehead atoms. The minimum Gasteiger partial charge on any atom is -0.343 e. The molecule has 0 aliphatic heterocycles. The molecule has 0 aliphatic rings. The molecule has 3 rings (SSSR count). The van der Waals surface area contributed by atoms with Gasteiger partial charge in [0.2, 0.25) is 15.9 Å². The number of carbonyl (C=O) groups excluding carboxylic acids is 1. The second-order valence-corrected chi connectivity index (χ2v) is 7.74. The van der Waals surface area contributed by atoms with Gasteiger partial charge >= 0.3 is 0 Å². The fraction of sp³-hybridized carbons (Fsp3) is 0.100. The Hall–Kier alpha value is -3.10. The van der Waals surface area contributed by atoms with Gasteiger partial charge in [-0.2, -0.15) is 0 Å². The lowest BCUT2D eigenvalue weighted by Crippen LogP contribution is -2.31. The maximum Gasteiger partial charge on any atom is 0.238 e. The van der Waals surface area contributed by atoms with Crippen LogP contribution in [0.1, 0.15) is 22.9 Å². The quantitative estimate of drug-likeness (QED) is 0.664. The number of nitrogens with two attached hydrogens (primary N) is 1. The topological polar surface area (TPSA) is 102 Å². The highest BCUT2D eigenvalue weighted by molar-refractivity contribution is 7.89. The van der Waals surface area contributed by atoms with Crippen LogP contribution in [0.5, 0.6) is 0 Å². The molecule has 144 valence electrons. The SMILES string of the molecule is NS(=O)(=O)c1ccc(CC(=O)NC(c2cccc(F)c2)c2ccccn2)cc1. The van der Waals surface area contributed by atoms with Crippen LogP contribution in [0, 0.1) is 5.82 Å². The Morgan fingerprint density at radius 1 is 1.07 bits per heavy atom. The minimum atomic E-state index is -3.79. The lowest BCUT2D eigenvalue weighted by atomic mass is 10.0. The summed E-state index contributed by atoms with van der Waals surface area (Å²) in [6.45, 7) is 0. The molecule has 3 N–H and O–H groups in total. The number of hydrogen-bond acceptors (Lipinski definition) is 4. The number of nitrogens with one attached hydrogen (secondary N) is 1. The first-order valence-electron chi connectivity index (χ1n) is 8.40. The number of halogens is 1. The molecule has 3 aromatic rings. The van der Waals surface area contributed by atoms with Crippen molar-refractivity contribution in [2.75, 3.05) is 0 Å². The normalized spacial score (nSPS) is 12.4. The molecule has 0 fully saturated rings. The van der Waals surface area contributed by atoms with Crippen molar-refractivity contribution in [3.63, 3.8) is 0 Å². The molecule has 1 heterocycles. The van der Waals surface area contributed by atoms with E-state index in [1.54, 1.807) is 36.5 Å². The summed E-state index contributed by atoms with van der Waals surface area (Å²) in [6.07, 6.45) is 1.61. The lowest BCUT2D eigenvalue weighted by molar-refractivity contribution is -0.121. The van der Waals surface area contributed by atoms with Crippen molar-refractivity contribution in [1.29, 1.82) is 0 Å². The Bertz CT molecular complexity index is 1070. The fourth-order valence-electron chi connectivity index (χ4n) is 2.76. The first-order chi connectivity index (χ1) is 13.3. The number of amides is 1. The predicted molar refractivity (Wildman–Crippen MR) is 102 cm³/mol. The van der Waals surface area contributed by atoms with E-state index >= 15 is 0 Å². The first kappa shape index (κ1) is 19.7. The monoisotopic (exact) mass is 399 g/mol. The van der Waals surface area contributed by atoms with Crippen LogP contribution in [-0.4, -0.2) is 19.3 Å². The van der Waals surface area contributed by atoms with Gasteiger partial charge in [-0.05, 0) is 47.5 Å². The third-order valence-corrected chi connectivity index (χ3v) is 5.02. The number of pyridine rings is 1. The third kappa shape index (κ3) is 4.99. The van der Waals surface area contributed by atoms with Crippen LogP contribution >= 0.6 is 0 Å². The molecule has 1 atom stereocenters. The van der Waals surface area contributed by atoms with E-state index in [1.807, 2.05) is 0 Å². The molecule has 0 aliphatic carbocycles. The summed E-state index contributed by atoms with van der Waals surface area (Å²) in [4.78, 5) is 16.8. The summed E-state index contributed by atoms with van der Waals surface area (Å²) in [5.41, 5.74) is 1.76. The van der Waals surface area contributed by atoms with E-state index in [9.17, 15) is 17.6 Å². The van der Waals surface area contributed by atoms with Crippen LogP contribution in [0.2, 0.25) is 0 Å². The van der Waals surface area contributed by atoms with Gasteiger partial charge in [-0.1, -0.05) is 30.3 Å². The molecule has 1 amide bonds. The molecule has 2 aromatic carbocycles. The fourth-order valence-corrected chi connectivity index (χ4v) is 3.27. The van der Waals surface area contributed by atoms with Gasteiger partial charge in [0, 0.05) is 6.20 Å². The van der Waals surface area contributed by atoms with E-state index in [-0.39, 0.29) is 17.2 Å². The molecular formula is C20H18FN3O3S. The lowest BCUT2D eigenvalue weighted by Gasteiger charge is -2.19. The number of rotatable bonds is 6. The van der Waals surface area contributed by atoms with Crippen LogP contribution in [0.4, 0.5) is 4.39 Å². The van der Waals surface area contributed by atoms with Gasteiger partial charge in [0.1, 0.15) is 5.82 Å². The molecule has 8 heteroatoms. The number of hydrogen-bond donors (Lipinski definition) is 2. The van der Waals surface area contributed by atoms with Crippen LogP contribution in [0.15, 0.2) is 77.8 Å². The van der Waals surface area contributed by atoms with Crippen molar-refractivity contribution >= 4 is 15.9 Å². The molecule has 1 aromatic heterocycles. The molecule has 28 heavy (non-hydrogen) atoms. The molecule has 1 unspecified atom stereocenters. The number of carbonyl (C=O) groups is 1. The van der Waals surface area contributed by atoms with Gasteiger partial charge < -0.3 is 5.32 Å². The largest absolute Gasteiger partial charge is 0.343 e. The van der Waals surface area contributed by atoms with Crippen molar-refractivity contribution in [2.45, 2.75) is 17.4 Å². The maximum atomic E-state index is 13.7. The zero-order valence-corrected chi connectivity index (χ0v) is 15.6.